The van der Waals surface area contributed by atoms with Crippen molar-refractivity contribution in [3.05, 3.63) is 30.1 Å². The highest BCUT2D eigenvalue weighted by Crippen LogP contribution is 2.07. The normalized spacial score (nSPS) is 9.64. The van der Waals surface area contributed by atoms with Gasteiger partial charge in [-0.1, -0.05) is 0 Å². The summed E-state index contributed by atoms with van der Waals surface area (Å²) in [5.41, 5.74) is 0.738. The van der Waals surface area contributed by atoms with Crippen LogP contribution < -0.4 is 5.32 Å². The lowest BCUT2D eigenvalue weighted by atomic mass is 10.3. The van der Waals surface area contributed by atoms with Gasteiger partial charge in [-0.3, -0.25) is 4.79 Å². The summed E-state index contributed by atoms with van der Waals surface area (Å²) in [4.78, 5) is 12.7. The highest BCUT2D eigenvalue weighted by molar-refractivity contribution is 5.80. The average Bonchev–Trinajstić information content (AvgIpc) is 2.16. The third-order valence-electron chi connectivity index (χ3n) is 1.79. The molecule has 0 aromatic heterocycles. The lowest BCUT2D eigenvalue weighted by Gasteiger charge is -2.11. The number of rotatable bonds is 3. The van der Waals surface area contributed by atoms with Gasteiger partial charge >= 0.3 is 0 Å². The van der Waals surface area contributed by atoms with Gasteiger partial charge in [0.2, 0.25) is 5.91 Å². The summed E-state index contributed by atoms with van der Waals surface area (Å²) >= 11 is 0. The van der Waals surface area contributed by atoms with Crippen LogP contribution in [0.25, 0.3) is 0 Å². The minimum atomic E-state index is -0.283. The molecule has 1 aromatic carbocycles. The lowest BCUT2D eigenvalue weighted by molar-refractivity contribution is -0.126. The summed E-state index contributed by atoms with van der Waals surface area (Å²) in [7, 11) is 3.38. The maximum Gasteiger partial charge on any atom is 0.241 e. The van der Waals surface area contributed by atoms with Gasteiger partial charge in [-0.15, -0.1) is 0 Å². The predicted molar refractivity (Wildman–Crippen MR) is 53.6 cm³/mol. The molecule has 0 fully saturated rings. The van der Waals surface area contributed by atoms with Crippen LogP contribution in [0.4, 0.5) is 10.1 Å². The molecule has 0 unspecified atom stereocenters. The number of nitrogens with zero attached hydrogens (tertiary/aromatic N) is 1. The molecule has 3 nitrogen and oxygen atoms in total. The number of nitrogens with one attached hydrogen (secondary N) is 1. The van der Waals surface area contributed by atoms with Crippen LogP contribution in [0.15, 0.2) is 24.3 Å². The fourth-order valence-corrected chi connectivity index (χ4v) is 0.904. The van der Waals surface area contributed by atoms with Crippen LogP contribution in [-0.4, -0.2) is 31.4 Å². The largest absolute Gasteiger partial charge is 0.376 e. The number of anilines is 1. The SMILES string of the molecule is CN(C)C(=O)CNc1ccc(F)cc1. The van der Waals surface area contributed by atoms with Crippen LogP contribution in [0.5, 0.6) is 0 Å². The minimum absolute atomic E-state index is 0.0191. The highest BCUT2D eigenvalue weighted by Gasteiger charge is 2.02. The molecule has 76 valence electrons. The lowest BCUT2D eigenvalue weighted by Crippen LogP contribution is -2.28. The summed E-state index contributed by atoms with van der Waals surface area (Å²) in [6.45, 7) is 0.221. The van der Waals surface area contributed by atoms with E-state index in [-0.39, 0.29) is 18.3 Å². The van der Waals surface area contributed by atoms with E-state index in [1.54, 1.807) is 26.2 Å². The number of halogens is 1. The Bertz CT molecular complexity index is 308. The molecule has 4 heteroatoms. The second kappa shape index (κ2) is 4.60. The first-order valence-electron chi connectivity index (χ1n) is 4.29. The zero-order valence-electron chi connectivity index (χ0n) is 8.25. The van der Waals surface area contributed by atoms with Gasteiger partial charge in [0.05, 0.1) is 6.54 Å². The molecule has 0 radical (unpaired) electrons. The molecule has 1 N–H and O–H groups in total. The van der Waals surface area contributed by atoms with Crippen LogP contribution >= 0.6 is 0 Å². The molecule has 1 aromatic rings. The Labute approximate surface area is 82.5 Å². The van der Waals surface area contributed by atoms with Crippen LogP contribution in [0, 0.1) is 5.82 Å². The first-order valence-corrected chi connectivity index (χ1v) is 4.29. The van der Waals surface area contributed by atoms with Crippen molar-refractivity contribution in [1.82, 2.24) is 4.90 Å². The number of amides is 1. The Morgan fingerprint density at radius 3 is 2.43 bits per heavy atom. The Morgan fingerprint density at radius 1 is 1.36 bits per heavy atom. The van der Waals surface area contributed by atoms with E-state index in [1.165, 1.54) is 17.0 Å². The first-order chi connectivity index (χ1) is 6.59. The topological polar surface area (TPSA) is 32.3 Å². The van der Waals surface area contributed by atoms with Crippen molar-refractivity contribution in [2.24, 2.45) is 0 Å². The van der Waals surface area contributed by atoms with Crippen LogP contribution in [0.2, 0.25) is 0 Å². The van der Waals surface area contributed by atoms with Crippen LogP contribution in [-0.2, 0) is 4.79 Å². The van der Waals surface area contributed by atoms with Crippen molar-refractivity contribution in [2.45, 2.75) is 0 Å². The fraction of sp³-hybridized carbons (Fsp3) is 0.300. The zero-order chi connectivity index (χ0) is 10.6. The number of hydrogen-bond acceptors (Lipinski definition) is 2. The average molecular weight is 196 g/mol. The Kier molecular flexibility index (Phi) is 3.45. The summed E-state index contributed by atoms with van der Waals surface area (Å²) < 4.78 is 12.5. The van der Waals surface area contributed by atoms with E-state index in [1.807, 2.05) is 0 Å². The van der Waals surface area contributed by atoms with E-state index < -0.39 is 0 Å². The van der Waals surface area contributed by atoms with E-state index in [0.717, 1.165) is 5.69 Å². The molecule has 1 amide bonds. The molecule has 0 saturated heterocycles. The monoisotopic (exact) mass is 196 g/mol. The number of hydrogen-bond donors (Lipinski definition) is 1. The van der Waals surface area contributed by atoms with Crippen molar-refractivity contribution in [1.29, 1.82) is 0 Å². The van der Waals surface area contributed by atoms with Crippen molar-refractivity contribution >= 4 is 11.6 Å². The van der Waals surface area contributed by atoms with Gasteiger partial charge in [0.1, 0.15) is 5.82 Å². The number of benzene rings is 1. The first kappa shape index (κ1) is 10.5. The smallest absolute Gasteiger partial charge is 0.241 e. The number of carbonyl (C=O) groups excluding carboxylic acids is 1. The summed E-state index contributed by atoms with van der Waals surface area (Å²) in [5, 5.41) is 2.90. The van der Waals surface area contributed by atoms with Gasteiger partial charge in [-0.2, -0.15) is 0 Å². The maximum absolute atomic E-state index is 12.5. The van der Waals surface area contributed by atoms with Crippen molar-refractivity contribution in [3.63, 3.8) is 0 Å². The van der Waals surface area contributed by atoms with Gasteiger partial charge in [0, 0.05) is 19.8 Å². The van der Waals surface area contributed by atoms with Crippen LogP contribution in [0.3, 0.4) is 0 Å². The number of carbonyl (C=O) groups is 1. The van der Waals surface area contributed by atoms with Gasteiger partial charge in [-0.25, -0.2) is 4.39 Å². The predicted octanol–water partition coefficient (Wildman–Crippen LogP) is 1.33. The Balaban J connectivity index is 2.46. The van der Waals surface area contributed by atoms with Crippen molar-refractivity contribution in [3.8, 4) is 0 Å². The second-order valence-corrected chi connectivity index (χ2v) is 3.15. The zero-order valence-corrected chi connectivity index (χ0v) is 8.25. The highest BCUT2D eigenvalue weighted by atomic mass is 19.1. The van der Waals surface area contributed by atoms with Crippen molar-refractivity contribution < 1.29 is 9.18 Å². The second-order valence-electron chi connectivity index (χ2n) is 3.15. The molecule has 1 rings (SSSR count). The fourth-order valence-electron chi connectivity index (χ4n) is 0.904. The summed E-state index contributed by atoms with van der Waals surface area (Å²) in [5.74, 6) is -0.302. The Hall–Kier alpha value is -1.58. The van der Waals surface area contributed by atoms with Crippen LogP contribution in [0.1, 0.15) is 0 Å². The van der Waals surface area contributed by atoms with Gasteiger partial charge in [-0.05, 0) is 24.3 Å². The standard InChI is InChI=1S/C10H13FN2O/c1-13(2)10(14)7-12-9-5-3-8(11)4-6-9/h3-6,12H,7H2,1-2H3. The molecular formula is C10H13FN2O. The molecule has 0 spiro atoms. The van der Waals surface area contributed by atoms with Gasteiger partial charge in [0.25, 0.3) is 0 Å². The molecule has 0 aliphatic rings. The number of likely N-dealkylation sites (N-methyl/N-ethyl adjacent to an activating group) is 1. The molecule has 0 aliphatic heterocycles. The molecular weight excluding hydrogens is 183 g/mol. The summed E-state index contributed by atoms with van der Waals surface area (Å²) in [6.07, 6.45) is 0. The quantitative estimate of drug-likeness (QED) is 0.790. The van der Waals surface area contributed by atoms with E-state index in [9.17, 15) is 9.18 Å². The molecule has 0 aliphatic carbocycles. The van der Waals surface area contributed by atoms with Crippen molar-refractivity contribution in [2.75, 3.05) is 26.0 Å². The maximum atomic E-state index is 12.5. The van der Waals surface area contributed by atoms with E-state index in [2.05, 4.69) is 5.32 Å². The minimum Gasteiger partial charge on any atom is -0.376 e. The third kappa shape index (κ3) is 3.05. The Morgan fingerprint density at radius 2 is 1.93 bits per heavy atom. The summed E-state index contributed by atoms with van der Waals surface area (Å²) in [6, 6.07) is 5.89. The van der Waals surface area contributed by atoms with E-state index in [4.69, 9.17) is 0 Å². The van der Waals surface area contributed by atoms with E-state index in [0.29, 0.717) is 0 Å². The molecule has 0 atom stereocenters. The third-order valence-corrected chi connectivity index (χ3v) is 1.79. The van der Waals surface area contributed by atoms with E-state index >= 15 is 0 Å². The molecule has 0 bridgehead atoms. The molecule has 14 heavy (non-hydrogen) atoms. The molecule has 0 heterocycles. The molecule has 0 saturated carbocycles. The van der Waals surface area contributed by atoms with Gasteiger partial charge < -0.3 is 10.2 Å². The van der Waals surface area contributed by atoms with Gasteiger partial charge in [0.15, 0.2) is 0 Å².